The molecule has 0 unspecified atom stereocenters. The van der Waals surface area contributed by atoms with E-state index in [0.717, 1.165) is 10.5 Å². The minimum Gasteiger partial charge on any atom is -0.467 e. The van der Waals surface area contributed by atoms with Gasteiger partial charge < -0.3 is 18.8 Å². The van der Waals surface area contributed by atoms with E-state index >= 15 is 0 Å². The Kier molecular flexibility index (Phi) is 5.59. The molecule has 1 amide bonds. The lowest BCUT2D eigenvalue weighted by molar-refractivity contribution is -0.163. The Morgan fingerprint density at radius 2 is 1.93 bits per heavy atom. The van der Waals surface area contributed by atoms with Gasteiger partial charge in [-0.3, -0.25) is 9.69 Å². The maximum atomic E-state index is 12.8. The third-order valence-electron chi connectivity index (χ3n) is 3.94. The fourth-order valence-electron chi connectivity index (χ4n) is 2.78. The van der Waals surface area contributed by atoms with Gasteiger partial charge in [0.1, 0.15) is 12.3 Å². The smallest absolute Gasteiger partial charge is 0.406 e. The normalized spacial score (nSPS) is 13.2. The molecule has 2 heterocycles. The van der Waals surface area contributed by atoms with Crippen molar-refractivity contribution in [1.82, 2.24) is 9.80 Å². The molecular formula is C18H19F3N2O4. The largest absolute Gasteiger partial charge is 0.467 e. The Balaban J connectivity index is 1.61. The maximum absolute atomic E-state index is 12.8. The number of carbonyl (C=O) groups excluding carboxylic acids is 1. The lowest BCUT2D eigenvalue weighted by Gasteiger charge is -2.25. The predicted octanol–water partition coefficient (Wildman–Crippen LogP) is 3.03. The zero-order valence-corrected chi connectivity index (χ0v) is 14.7. The number of hydrogen-bond donors (Lipinski definition) is 0. The fourth-order valence-corrected chi connectivity index (χ4v) is 2.78. The summed E-state index contributed by atoms with van der Waals surface area (Å²) in [6, 6.07) is 8.48. The third kappa shape index (κ3) is 5.40. The summed E-state index contributed by atoms with van der Waals surface area (Å²) in [5.41, 5.74) is 0.864. The van der Waals surface area contributed by atoms with E-state index in [1.54, 1.807) is 30.1 Å². The molecule has 1 aliphatic rings. The number of fused-ring (bicyclic) bond motifs is 1. The molecule has 0 bridgehead atoms. The molecule has 1 aromatic carbocycles. The number of rotatable bonds is 7. The lowest BCUT2D eigenvalue weighted by atomic mass is 10.2. The second-order valence-corrected chi connectivity index (χ2v) is 6.30. The Bertz CT molecular complexity index is 777. The molecule has 0 N–H and O–H groups in total. The number of carbonyl (C=O) groups is 1. The number of ether oxygens (including phenoxy) is 2. The van der Waals surface area contributed by atoms with Crippen molar-refractivity contribution in [2.75, 3.05) is 26.9 Å². The first-order chi connectivity index (χ1) is 12.8. The Morgan fingerprint density at radius 1 is 1.15 bits per heavy atom. The van der Waals surface area contributed by atoms with Crippen LogP contribution in [0, 0.1) is 0 Å². The lowest BCUT2D eigenvalue weighted by Crippen LogP contribution is -2.43. The highest BCUT2D eigenvalue weighted by molar-refractivity contribution is 5.78. The summed E-state index contributed by atoms with van der Waals surface area (Å²) >= 11 is 0. The third-order valence-corrected chi connectivity index (χ3v) is 3.94. The van der Waals surface area contributed by atoms with Crippen LogP contribution in [0.15, 0.2) is 41.0 Å². The summed E-state index contributed by atoms with van der Waals surface area (Å²) in [7, 11) is 1.67. The van der Waals surface area contributed by atoms with Crippen LogP contribution in [0.4, 0.5) is 13.2 Å². The second kappa shape index (κ2) is 7.91. The fraction of sp³-hybridized carbons (Fsp3) is 0.389. The maximum Gasteiger partial charge on any atom is 0.406 e. The summed E-state index contributed by atoms with van der Waals surface area (Å²) in [5, 5.41) is 0. The molecule has 3 rings (SSSR count). The van der Waals surface area contributed by atoms with Crippen LogP contribution in [0.1, 0.15) is 11.3 Å². The van der Waals surface area contributed by atoms with Gasteiger partial charge in [0.25, 0.3) is 0 Å². The Morgan fingerprint density at radius 3 is 2.63 bits per heavy atom. The summed E-state index contributed by atoms with van der Waals surface area (Å²) < 4.78 is 54.1. The molecule has 0 spiro atoms. The van der Waals surface area contributed by atoms with E-state index in [-0.39, 0.29) is 19.9 Å². The van der Waals surface area contributed by atoms with Crippen molar-refractivity contribution < 1.29 is 31.9 Å². The van der Waals surface area contributed by atoms with Gasteiger partial charge in [-0.05, 0) is 36.9 Å². The van der Waals surface area contributed by atoms with Gasteiger partial charge in [0.15, 0.2) is 11.5 Å². The first kappa shape index (κ1) is 19.1. The van der Waals surface area contributed by atoms with E-state index in [0.29, 0.717) is 23.8 Å². The van der Waals surface area contributed by atoms with Gasteiger partial charge in [0.2, 0.25) is 12.7 Å². The van der Waals surface area contributed by atoms with Gasteiger partial charge in [-0.25, -0.2) is 0 Å². The minimum atomic E-state index is -4.49. The molecule has 9 heteroatoms. The molecule has 1 aliphatic heterocycles. The highest BCUT2D eigenvalue weighted by atomic mass is 19.4. The highest BCUT2D eigenvalue weighted by Crippen LogP contribution is 2.32. The van der Waals surface area contributed by atoms with Crippen LogP contribution in [0.25, 0.3) is 0 Å². The molecule has 6 nitrogen and oxygen atoms in total. The van der Waals surface area contributed by atoms with Crippen molar-refractivity contribution in [3.8, 4) is 11.5 Å². The van der Waals surface area contributed by atoms with Crippen molar-refractivity contribution in [3.05, 3.63) is 47.9 Å². The van der Waals surface area contributed by atoms with Crippen LogP contribution in [-0.2, 0) is 17.9 Å². The van der Waals surface area contributed by atoms with Gasteiger partial charge >= 0.3 is 6.18 Å². The first-order valence-corrected chi connectivity index (χ1v) is 8.24. The van der Waals surface area contributed by atoms with Gasteiger partial charge in [-0.2, -0.15) is 13.2 Å². The van der Waals surface area contributed by atoms with Crippen LogP contribution in [-0.4, -0.2) is 48.8 Å². The Hall–Kier alpha value is -2.68. The molecule has 146 valence electrons. The van der Waals surface area contributed by atoms with E-state index in [9.17, 15) is 18.0 Å². The van der Waals surface area contributed by atoms with E-state index in [1.807, 2.05) is 6.07 Å². The topological polar surface area (TPSA) is 55.2 Å². The summed E-state index contributed by atoms with van der Waals surface area (Å²) in [5.74, 6) is 0.925. The molecule has 27 heavy (non-hydrogen) atoms. The van der Waals surface area contributed by atoms with Crippen molar-refractivity contribution in [3.63, 3.8) is 0 Å². The van der Waals surface area contributed by atoms with Crippen molar-refractivity contribution in [1.29, 1.82) is 0 Å². The molecule has 0 atom stereocenters. The van der Waals surface area contributed by atoms with Gasteiger partial charge in [-0.15, -0.1) is 0 Å². The SMILES string of the molecule is CN(CC(=O)N(Cc1ccco1)CC(F)(F)F)Cc1ccc2c(c1)OCO2. The number of furan rings is 1. The average Bonchev–Trinajstić information content (AvgIpc) is 3.23. The molecule has 0 saturated carbocycles. The van der Waals surface area contributed by atoms with Crippen LogP contribution < -0.4 is 9.47 Å². The minimum absolute atomic E-state index is 0.159. The molecule has 0 fully saturated rings. The second-order valence-electron chi connectivity index (χ2n) is 6.30. The number of halogens is 3. The van der Waals surface area contributed by atoms with Crippen molar-refractivity contribution in [2.24, 2.45) is 0 Å². The molecule has 0 radical (unpaired) electrons. The molecule has 0 saturated heterocycles. The van der Waals surface area contributed by atoms with Crippen molar-refractivity contribution >= 4 is 5.91 Å². The number of alkyl halides is 3. The number of nitrogens with zero attached hydrogens (tertiary/aromatic N) is 2. The number of benzene rings is 1. The predicted molar refractivity (Wildman–Crippen MR) is 89.1 cm³/mol. The summed E-state index contributed by atoms with van der Waals surface area (Å²) in [6.07, 6.45) is -3.13. The zero-order valence-electron chi connectivity index (χ0n) is 14.7. The quantitative estimate of drug-likeness (QED) is 0.735. The highest BCUT2D eigenvalue weighted by Gasteiger charge is 2.33. The standard InChI is InChI=1S/C18H19F3N2O4/c1-22(8-13-4-5-15-16(7-13)27-12-26-15)10-17(24)23(11-18(19,20)21)9-14-3-2-6-25-14/h2-7H,8-12H2,1H3. The summed E-state index contributed by atoms with van der Waals surface area (Å²) in [6.45, 7) is -1.19. The van der Waals surface area contributed by atoms with E-state index in [2.05, 4.69) is 0 Å². The van der Waals surface area contributed by atoms with E-state index < -0.39 is 18.6 Å². The Labute approximate surface area is 154 Å². The van der Waals surface area contributed by atoms with Gasteiger partial charge in [-0.1, -0.05) is 6.07 Å². The zero-order chi connectivity index (χ0) is 19.4. The van der Waals surface area contributed by atoms with Crippen LogP contribution in [0.5, 0.6) is 11.5 Å². The number of amides is 1. The number of hydrogen-bond acceptors (Lipinski definition) is 5. The molecule has 2 aromatic rings. The number of likely N-dealkylation sites (N-methyl/N-ethyl adjacent to an activating group) is 1. The summed E-state index contributed by atoms with van der Waals surface area (Å²) in [4.78, 5) is 14.8. The van der Waals surface area contributed by atoms with Gasteiger partial charge in [0, 0.05) is 6.54 Å². The molecule has 0 aliphatic carbocycles. The average molecular weight is 384 g/mol. The van der Waals surface area contributed by atoms with E-state index in [1.165, 1.54) is 12.3 Å². The monoisotopic (exact) mass is 384 g/mol. The van der Waals surface area contributed by atoms with Crippen LogP contribution in [0.2, 0.25) is 0 Å². The van der Waals surface area contributed by atoms with Crippen LogP contribution >= 0.6 is 0 Å². The molecular weight excluding hydrogens is 365 g/mol. The van der Waals surface area contributed by atoms with Crippen LogP contribution in [0.3, 0.4) is 0 Å². The first-order valence-electron chi connectivity index (χ1n) is 8.24. The van der Waals surface area contributed by atoms with Crippen molar-refractivity contribution in [2.45, 2.75) is 19.3 Å². The molecule has 1 aromatic heterocycles. The van der Waals surface area contributed by atoms with E-state index in [4.69, 9.17) is 13.9 Å². The van der Waals surface area contributed by atoms with Gasteiger partial charge in [0.05, 0.1) is 19.4 Å².